The summed E-state index contributed by atoms with van der Waals surface area (Å²) in [7, 11) is -2.01. The van der Waals surface area contributed by atoms with Gasteiger partial charge < -0.3 is 9.30 Å². The van der Waals surface area contributed by atoms with E-state index in [2.05, 4.69) is 10.2 Å². The van der Waals surface area contributed by atoms with Crippen molar-refractivity contribution in [3.63, 3.8) is 0 Å². The smallest absolute Gasteiger partial charge is 0.244 e. The van der Waals surface area contributed by atoms with Gasteiger partial charge in [-0.05, 0) is 44.0 Å². The van der Waals surface area contributed by atoms with Crippen LogP contribution in [0.15, 0.2) is 17.0 Å². The fourth-order valence-corrected chi connectivity index (χ4v) is 4.85. The molecule has 8 heteroatoms. The van der Waals surface area contributed by atoms with Gasteiger partial charge >= 0.3 is 0 Å². The Morgan fingerprint density at radius 2 is 1.74 bits per heavy atom. The summed E-state index contributed by atoms with van der Waals surface area (Å²) in [6, 6.07) is 3.49. The third-order valence-corrected chi connectivity index (χ3v) is 6.32. The first-order valence-corrected chi connectivity index (χ1v) is 8.82. The highest BCUT2D eigenvalue weighted by molar-refractivity contribution is 7.89. The monoisotopic (exact) mass is 336 g/mol. The van der Waals surface area contributed by atoms with E-state index < -0.39 is 10.0 Å². The second-order valence-electron chi connectivity index (χ2n) is 5.74. The number of rotatable bonds is 3. The predicted octanol–water partition coefficient (Wildman–Crippen LogP) is 1.42. The van der Waals surface area contributed by atoms with Crippen LogP contribution < -0.4 is 4.74 Å². The fraction of sp³-hybridized carbons (Fsp3) is 0.467. The fourth-order valence-electron chi connectivity index (χ4n) is 3.05. The van der Waals surface area contributed by atoms with Gasteiger partial charge in [-0.2, -0.15) is 4.31 Å². The lowest BCUT2D eigenvalue weighted by Crippen LogP contribution is -2.39. The molecule has 3 rings (SSSR count). The molecular formula is C15H20N4O3S. The molecule has 1 aliphatic heterocycles. The highest BCUT2D eigenvalue weighted by Gasteiger charge is 2.32. The van der Waals surface area contributed by atoms with Crippen LogP contribution in [-0.2, 0) is 23.1 Å². The summed E-state index contributed by atoms with van der Waals surface area (Å²) >= 11 is 0. The number of hydrogen-bond donors (Lipinski definition) is 0. The Morgan fingerprint density at radius 1 is 1.09 bits per heavy atom. The van der Waals surface area contributed by atoms with Crippen LogP contribution in [0.3, 0.4) is 0 Å². The van der Waals surface area contributed by atoms with Crippen LogP contribution in [0.1, 0.15) is 22.8 Å². The van der Waals surface area contributed by atoms with Crippen molar-refractivity contribution in [3.05, 3.63) is 34.9 Å². The number of aromatic nitrogens is 3. The molecule has 0 aliphatic carbocycles. The predicted molar refractivity (Wildman–Crippen MR) is 84.8 cm³/mol. The minimum Gasteiger partial charge on any atom is -0.497 e. The van der Waals surface area contributed by atoms with Gasteiger partial charge in [0.1, 0.15) is 17.4 Å². The topological polar surface area (TPSA) is 77.3 Å². The molecule has 124 valence electrons. The molecule has 0 saturated heterocycles. The van der Waals surface area contributed by atoms with Crippen LogP contribution in [0.5, 0.6) is 5.75 Å². The zero-order chi connectivity index (χ0) is 16.8. The summed E-state index contributed by atoms with van der Waals surface area (Å²) in [5.74, 6) is 2.16. The maximum Gasteiger partial charge on any atom is 0.244 e. The molecule has 1 aromatic carbocycles. The normalized spacial score (nSPS) is 15.5. The molecule has 23 heavy (non-hydrogen) atoms. The number of ether oxygens (including phenoxy) is 1. The van der Waals surface area contributed by atoms with Crippen molar-refractivity contribution in [1.82, 2.24) is 19.1 Å². The third kappa shape index (κ3) is 2.61. The van der Waals surface area contributed by atoms with E-state index in [-0.39, 0.29) is 6.54 Å². The van der Waals surface area contributed by atoms with Gasteiger partial charge in [0.15, 0.2) is 0 Å². The number of nitrogens with zero attached hydrogens (tertiary/aromatic N) is 4. The Balaban J connectivity index is 2.00. The summed E-state index contributed by atoms with van der Waals surface area (Å²) in [4.78, 5) is 0.350. The highest BCUT2D eigenvalue weighted by Crippen LogP contribution is 2.29. The van der Waals surface area contributed by atoms with Gasteiger partial charge in [0.2, 0.25) is 10.0 Å². The van der Waals surface area contributed by atoms with Crippen molar-refractivity contribution in [2.75, 3.05) is 13.7 Å². The average molecular weight is 336 g/mol. The van der Waals surface area contributed by atoms with E-state index in [1.165, 1.54) is 4.31 Å². The largest absolute Gasteiger partial charge is 0.497 e. The van der Waals surface area contributed by atoms with Gasteiger partial charge in [0, 0.05) is 13.1 Å². The molecule has 0 saturated carbocycles. The molecule has 0 radical (unpaired) electrons. The van der Waals surface area contributed by atoms with Crippen molar-refractivity contribution < 1.29 is 13.2 Å². The Labute approximate surface area is 135 Å². The van der Waals surface area contributed by atoms with E-state index in [0.29, 0.717) is 40.7 Å². The SMILES string of the molecule is COc1cc(C)c(S(=O)(=O)N2CCn3c(C)nnc3C2)c(C)c1. The van der Waals surface area contributed by atoms with Crippen molar-refractivity contribution >= 4 is 10.0 Å². The number of methoxy groups -OCH3 is 1. The summed E-state index contributed by atoms with van der Waals surface area (Å²) in [5.41, 5.74) is 1.37. The lowest BCUT2D eigenvalue weighted by molar-refractivity contribution is 0.333. The summed E-state index contributed by atoms with van der Waals surface area (Å²) < 4.78 is 34.8. The molecular weight excluding hydrogens is 316 g/mol. The highest BCUT2D eigenvalue weighted by atomic mass is 32.2. The molecule has 0 amide bonds. The van der Waals surface area contributed by atoms with Gasteiger partial charge in [-0.25, -0.2) is 8.42 Å². The molecule has 0 unspecified atom stereocenters. The van der Waals surface area contributed by atoms with Crippen molar-refractivity contribution in [1.29, 1.82) is 0 Å². The van der Waals surface area contributed by atoms with Gasteiger partial charge in [-0.1, -0.05) is 0 Å². The molecule has 7 nitrogen and oxygen atoms in total. The standard InChI is InChI=1S/C15H20N4O3S/c1-10-7-13(22-4)8-11(2)15(10)23(20,21)18-5-6-19-12(3)16-17-14(19)9-18/h7-8H,5-6,9H2,1-4H3. The summed E-state index contributed by atoms with van der Waals surface area (Å²) in [6.07, 6.45) is 0. The van der Waals surface area contributed by atoms with E-state index in [0.717, 1.165) is 5.82 Å². The van der Waals surface area contributed by atoms with E-state index in [9.17, 15) is 8.42 Å². The molecule has 0 spiro atoms. The maximum atomic E-state index is 13.1. The van der Waals surface area contributed by atoms with Crippen molar-refractivity contribution in [2.24, 2.45) is 0 Å². The van der Waals surface area contributed by atoms with E-state index >= 15 is 0 Å². The van der Waals surface area contributed by atoms with Crippen LogP contribution in [0.25, 0.3) is 0 Å². The second-order valence-corrected chi connectivity index (χ2v) is 7.62. The van der Waals surface area contributed by atoms with Gasteiger partial charge in [-0.3, -0.25) is 0 Å². The average Bonchev–Trinajstić information content (AvgIpc) is 2.87. The molecule has 0 N–H and O–H groups in total. The van der Waals surface area contributed by atoms with Crippen molar-refractivity contribution in [2.45, 2.75) is 38.8 Å². The molecule has 2 heterocycles. The summed E-state index contributed by atoms with van der Waals surface area (Å²) in [6.45, 7) is 6.69. The minimum absolute atomic E-state index is 0.244. The first kappa shape index (κ1) is 15.9. The zero-order valence-corrected chi connectivity index (χ0v) is 14.5. The molecule has 1 aliphatic rings. The van der Waals surface area contributed by atoms with Crippen LogP contribution in [0, 0.1) is 20.8 Å². The quantitative estimate of drug-likeness (QED) is 0.847. The lowest BCUT2D eigenvalue weighted by Gasteiger charge is -2.28. The van der Waals surface area contributed by atoms with Gasteiger partial charge in [-0.15, -0.1) is 10.2 Å². The van der Waals surface area contributed by atoms with Crippen LogP contribution in [0.2, 0.25) is 0 Å². The summed E-state index contributed by atoms with van der Waals surface area (Å²) in [5, 5.41) is 8.09. The Morgan fingerprint density at radius 3 is 2.35 bits per heavy atom. The number of fused-ring (bicyclic) bond motifs is 1. The van der Waals surface area contributed by atoms with E-state index in [1.54, 1.807) is 33.1 Å². The number of sulfonamides is 1. The first-order valence-electron chi connectivity index (χ1n) is 7.38. The Bertz CT molecular complexity index is 835. The van der Waals surface area contributed by atoms with Gasteiger partial charge in [0.05, 0.1) is 18.6 Å². The minimum atomic E-state index is -3.59. The zero-order valence-electron chi connectivity index (χ0n) is 13.7. The molecule has 0 atom stereocenters. The van der Waals surface area contributed by atoms with Crippen LogP contribution in [0.4, 0.5) is 0 Å². The Kier molecular flexibility index (Phi) is 3.89. The number of hydrogen-bond acceptors (Lipinski definition) is 5. The molecule has 1 aromatic heterocycles. The van der Waals surface area contributed by atoms with Crippen molar-refractivity contribution in [3.8, 4) is 5.75 Å². The maximum absolute atomic E-state index is 13.1. The number of benzene rings is 1. The number of aryl methyl sites for hydroxylation is 3. The lowest BCUT2D eigenvalue weighted by atomic mass is 10.1. The Hall–Kier alpha value is -1.93. The molecule has 0 bridgehead atoms. The van der Waals surface area contributed by atoms with E-state index in [4.69, 9.17) is 4.74 Å². The van der Waals surface area contributed by atoms with Gasteiger partial charge in [0.25, 0.3) is 0 Å². The molecule has 2 aromatic rings. The van der Waals surface area contributed by atoms with Crippen LogP contribution in [-0.4, -0.2) is 41.1 Å². The second kappa shape index (κ2) is 5.61. The third-order valence-electron chi connectivity index (χ3n) is 4.17. The van der Waals surface area contributed by atoms with E-state index in [1.807, 2.05) is 11.5 Å². The molecule has 0 fully saturated rings. The first-order chi connectivity index (χ1) is 10.8. The van der Waals surface area contributed by atoms with Crippen LogP contribution >= 0.6 is 0 Å².